The van der Waals surface area contributed by atoms with Crippen molar-refractivity contribution in [3.63, 3.8) is 0 Å². The largest absolute Gasteiger partial charge is 0.326 e. The number of hydrogen-bond acceptors (Lipinski definition) is 3. The van der Waals surface area contributed by atoms with Crippen LogP contribution in [0.1, 0.15) is 5.56 Å². The quantitative estimate of drug-likeness (QED) is 0.723. The van der Waals surface area contributed by atoms with E-state index in [9.17, 15) is 0 Å². The summed E-state index contributed by atoms with van der Waals surface area (Å²) in [6.45, 7) is 0.464. The lowest BCUT2D eigenvalue weighted by Crippen LogP contribution is -2.06. The van der Waals surface area contributed by atoms with Crippen LogP contribution in [0.2, 0.25) is 0 Å². The van der Waals surface area contributed by atoms with Crippen LogP contribution in [0.4, 0.5) is 0 Å². The van der Waals surface area contributed by atoms with E-state index in [0.29, 0.717) is 6.54 Å². The molecule has 3 rings (SSSR count). The Kier molecular flexibility index (Phi) is 2.34. The number of imidazole rings is 1. The van der Waals surface area contributed by atoms with Gasteiger partial charge < -0.3 is 5.73 Å². The topological polar surface area (TPSA) is 56.7 Å². The molecule has 0 amide bonds. The Labute approximate surface area is 98.7 Å². The number of aromatic nitrogens is 3. The predicted octanol–water partition coefficient (Wildman–Crippen LogP) is 1.88. The van der Waals surface area contributed by atoms with Crippen molar-refractivity contribution >= 4 is 10.9 Å². The van der Waals surface area contributed by atoms with Gasteiger partial charge in [-0.1, -0.05) is 18.2 Å². The van der Waals surface area contributed by atoms with Gasteiger partial charge in [0.25, 0.3) is 0 Å². The number of nitrogens with zero attached hydrogens (tertiary/aromatic N) is 3. The Bertz CT molecular complexity index is 644. The number of benzene rings is 1. The van der Waals surface area contributed by atoms with Crippen LogP contribution < -0.4 is 5.73 Å². The Hall–Kier alpha value is -2.20. The van der Waals surface area contributed by atoms with Crippen LogP contribution in [0.15, 0.2) is 49.1 Å². The molecular weight excluding hydrogens is 212 g/mol. The van der Waals surface area contributed by atoms with Gasteiger partial charge in [-0.15, -0.1) is 0 Å². The van der Waals surface area contributed by atoms with Crippen molar-refractivity contribution in [3.05, 3.63) is 54.6 Å². The minimum Gasteiger partial charge on any atom is -0.326 e. The first kappa shape index (κ1) is 9.99. The van der Waals surface area contributed by atoms with Crippen molar-refractivity contribution in [2.45, 2.75) is 6.54 Å². The van der Waals surface area contributed by atoms with Crippen molar-refractivity contribution in [1.82, 2.24) is 14.5 Å². The van der Waals surface area contributed by atoms with Crippen molar-refractivity contribution in [3.8, 4) is 5.82 Å². The van der Waals surface area contributed by atoms with Crippen LogP contribution in [0.25, 0.3) is 16.7 Å². The number of fused-ring (bicyclic) bond motifs is 1. The number of para-hydroxylation sites is 1. The van der Waals surface area contributed by atoms with Crippen LogP contribution >= 0.6 is 0 Å². The van der Waals surface area contributed by atoms with E-state index in [2.05, 4.69) is 16.0 Å². The molecule has 0 aliphatic heterocycles. The molecule has 17 heavy (non-hydrogen) atoms. The summed E-state index contributed by atoms with van der Waals surface area (Å²) in [6, 6.07) is 10.1. The molecule has 0 radical (unpaired) electrons. The first-order valence-electron chi connectivity index (χ1n) is 5.45. The highest BCUT2D eigenvalue weighted by Crippen LogP contribution is 2.19. The lowest BCUT2D eigenvalue weighted by Gasteiger charge is -2.09. The van der Waals surface area contributed by atoms with Gasteiger partial charge in [0, 0.05) is 29.9 Å². The molecule has 1 aromatic carbocycles. The van der Waals surface area contributed by atoms with Crippen LogP contribution in [0, 0.1) is 0 Å². The Morgan fingerprint density at radius 2 is 2.12 bits per heavy atom. The molecule has 0 atom stereocenters. The molecule has 0 aliphatic carbocycles. The molecule has 2 N–H and O–H groups in total. The Morgan fingerprint density at radius 1 is 1.24 bits per heavy atom. The minimum atomic E-state index is 0.464. The van der Waals surface area contributed by atoms with E-state index in [1.807, 2.05) is 35.0 Å². The van der Waals surface area contributed by atoms with E-state index < -0.39 is 0 Å². The Balaban J connectivity index is 2.29. The highest BCUT2D eigenvalue weighted by Gasteiger charge is 2.06. The lowest BCUT2D eigenvalue weighted by molar-refractivity contribution is 0.945. The van der Waals surface area contributed by atoms with Crippen LogP contribution in [0.5, 0.6) is 0 Å². The molecule has 2 heterocycles. The van der Waals surface area contributed by atoms with Crippen LogP contribution in [-0.4, -0.2) is 14.5 Å². The maximum Gasteiger partial charge on any atom is 0.143 e. The third-order valence-electron chi connectivity index (χ3n) is 2.75. The number of hydrogen-bond donors (Lipinski definition) is 1. The summed E-state index contributed by atoms with van der Waals surface area (Å²) in [5.74, 6) is 0.851. The second kappa shape index (κ2) is 3.99. The predicted molar refractivity (Wildman–Crippen MR) is 66.8 cm³/mol. The maximum atomic E-state index is 5.77. The normalized spacial score (nSPS) is 10.9. The average Bonchev–Trinajstić information content (AvgIpc) is 2.91. The molecule has 84 valence electrons. The highest BCUT2D eigenvalue weighted by molar-refractivity contribution is 5.80. The van der Waals surface area contributed by atoms with E-state index >= 15 is 0 Å². The summed E-state index contributed by atoms with van der Waals surface area (Å²) >= 11 is 0. The first-order chi connectivity index (χ1) is 8.38. The maximum absolute atomic E-state index is 5.77. The van der Waals surface area contributed by atoms with Crippen molar-refractivity contribution in [1.29, 1.82) is 0 Å². The molecule has 0 spiro atoms. The molecule has 4 nitrogen and oxygen atoms in total. The second-order valence-corrected chi connectivity index (χ2v) is 3.84. The smallest absolute Gasteiger partial charge is 0.143 e. The third kappa shape index (κ3) is 1.68. The molecule has 2 aromatic heterocycles. The molecular formula is C13H12N4. The van der Waals surface area contributed by atoms with E-state index in [4.69, 9.17) is 5.73 Å². The zero-order valence-corrected chi connectivity index (χ0v) is 9.24. The van der Waals surface area contributed by atoms with Gasteiger partial charge in [-0.25, -0.2) is 9.97 Å². The van der Waals surface area contributed by atoms with Crippen molar-refractivity contribution < 1.29 is 0 Å². The standard InChI is InChI=1S/C13H12N4/c14-8-11-7-10-3-1-2-4-12(10)16-13(11)17-6-5-15-9-17/h1-7,9H,8,14H2. The van der Waals surface area contributed by atoms with E-state index in [-0.39, 0.29) is 0 Å². The average molecular weight is 224 g/mol. The highest BCUT2D eigenvalue weighted by atomic mass is 15.1. The summed E-state index contributed by atoms with van der Waals surface area (Å²) in [6.07, 6.45) is 5.34. The van der Waals surface area contributed by atoms with Gasteiger partial charge in [0.15, 0.2) is 0 Å². The van der Waals surface area contributed by atoms with Gasteiger partial charge in [0.2, 0.25) is 0 Å². The molecule has 0 unspecified atom stereocenters. The minimum absolute atomic E-state index is 0.464. The summed E-state index contributed by atoms with van der Waals surface area (Å²) in [5.41, 5.74) is 7.76. The molecule has 0 saturated carbocycles. The fourth-order valence-corrected chi connectivity index (χ4v) is 1.91. The molecule has 0 bridgehead atoms. The molecule has 0 saturated heterocycles. The van der Waals surface area contributed by atoms with Gasteiger partial charge in [0.1, 0.15) is 12.1 Å². The summed E-state index contributed by atoms with van der Waals surface area (Å²) in [5, 5.41) is 1.11. The fourth-order valence-electron chi connectivity index (χ4n) is 1.91. The summed E-state index contributed by atoms with van der Waals surface area (Å²) in [4.78, 5) is 8.67. The van der Waals surface area contributed by atoms with Crippen molar-refractivity contribution in [2.24, 2.45) is 5.73 Å². The first-order valence-corrected chi connectivity index (χ1v) is 5.45. The molecule has 0 fully saturated rings. The van der Waals surface area contributed by atoms with Crippen molar-refractivity contribution in [2.75, 3.05) is 0 Å². The second-order valence-electron chi connectivity index (χ2n) is 3.84. The SMILES string of the molecule is NCc1cc2ccccc2nc1-n1ccnc1. The monoisotopic (exact) mass is 224 g/mol. The number of pyridine rings is 1. The summed E-state index contributed by atoms with van der Waals surface area (Å²) in [7, 11) is 0. The van der Waals surface area contributed by atoms with Gasteiger partial charge in [-0.3, -0.25) is 4.57 Å². The zero-order valence-electron chi connectivity index (χ0n) is 9.24. The van der Waals surface area contributed by atoms with Gasteiger partial charge in [-0.05, 0) is 12.1 Å². The van der Waals surface area contributed by atoms with Gasteiger partial charge in [-0.2, -0.15) is 0 Å². The van der Waals surface area contributed by atoms with E-state index in [1.165, 1.54) is 0 Å². The Morgan fingerprint density at radius 3 is 2.88 bits per heavy atom. The molecule has 4 heteroatoms. The molecule has 0 aliphatic rings. The number of nitrogens with two attached hydrogens (primary N) is 1. The van der Waals surface area contributed by atoms with Crippen LogP contribution in [-0.2, 0) is 6.54 Å². The molecule has 3 aromatic rings. The van der Waals surface area contributed by atoms with Gasteiger partial charge >= 0.3 is 0 Å². The number of rotatable bonds is 2. The van der Waals surface area contributed by atoms with E-state index in [0.717, 1.165) is 22.3 Å². The van der Waals surface area contributed by atoms with Crippen LogP contribution in [0.3, 0.4) is 0 Å². The third-order valence-corrected chi connectivity index (χ3v) is 2.75. The fraction of sp³-hybridized carbons (Fsp3) is 0.0769. The zero-order chi connectivity index (χ0) is 11.7. The summed E-state index contributed by atoms with van der Waals surface area (Å²) < 4.78 is 1.88. The lowest BCUT2D eigenvalue weighted by atomic mass is 10.1. The van der Waals surface area contributed by atoms with Gasteiger partial charge in [0.05, 0.1) is 5.52 Å². The van der Waals surface area contributed by atoms with E-state index in [1.54, 1.807) is 12.5 Å².